The summed E-state index contributed by atoms with van der Waals surface area (Å²) in [6.45, 7) is 0. The van der Waals surface area contributed by atoms with Gasteiger partial charge in [-0.25, -0.2) is 8.42 Å². The molecule has 1 atom stereocenters. The van der Waals surface area contributed by atoms with E-state index in [-0.39, 0.29) is 10.6 Å². The quantitative estimate of drug-likeness (QED) is 0.738. The Bertz CT molecular complexity index is 724. The van der Waals surface area contributed by atoms with E-state index in [4.69, 9.17) is 9.63 Å². The van der Waals surface area contributed by atoms with E-state index in [1.54, 1.807) is 12.1 Å². The van der Waals surface area contributed by atoms with Crippen molar-refractivity contribution in [1.29, 1.82) is 0 Å². The summed E-state index contributed by atoms with van der Waals surface area (Å²) in [5, 5.41) is 12.8. The molecule has 0 amide bonds. The maximum atomic E-state index is 12.3. The lowest BCUT2D eigenvalue weighted by Crippen LogP contribution is -2.40. The van der Waals surface area contributed by atoms with E-state index in [0.29, 0.717) is 16.3 Å². The Hall–Kier alpha value is -1.36. The summed E-state index contributed by atoms with van der Waals surface area (Å²) in [5.41, 5.74) is 0.531. The summed E-state index contributed by atoms with van der Waals surface area (Å²) >= 11 is 2.46. The van der Waals surface area contributed by atoms with E-state index >= 15 is 0 Å². The number of hydrogen-bond acceptors (Lipinski definition) is 7. The number of thioether (sulfide) groups is 1. The second-order valence-corrected chi connectivity index (χ2v) is 8.31. The number of aliphatic carboxylic acids is 1. The molecule has 0 saturated carbocycles. The first-order valence-electron chi connectivity index (χ1n) is 6.18. The molecule has 2 rings (SSSR count). The van der Waals surface area contributed by atoms with Crippen LogP contribution in [0.1, 0.15) is 6.42 Å². The molecule has 0 radical (unpaired) electrons. The highest BCUT2D eigenvalue weighted by Gasteiger charge is 2.26. The van der Waals surface area contributed by atoms with Gasteiger partial charge in [-0.1, -0.05) is 5.16 Å². The largest absolute Gasteiger partial charge is 0.480 e. The van der Waals surface area contributed by atoms with E-state index in [9.17, 15) is 13.2 Å². The van der Waals surface area contributed by atoms with Crippen molar-refractivity contribution in [3.63, 3.8) is 0 Å². The van der Waals surface area contributed by atoms with Gasteiger partial charge in [-0.3, -0.25) is 4.79 Å². The molecule has 0 unspecified atom stereocenters. The lowest BCUT2D eigenvalue weighted by atomic mass is 10.2. The molecule has 7 nitrogen and oxygen atoms in total. The van der Waals surface area contributed by atoms with Crippen molar-refractivity contribution in [1.82, 2.24) is 9.88 Å². The Morgan fingerprint density at radius 3 is 2.86 bits per heavy atom. The van der Waals surface area contributed by atoms with Crippen LogP contribution in [-0.2, 0) is 14.8 Å². The Morgan fingerprint density at radius 1 is 1.50 bits per heavy atom. The maximum Gasteiger partial charge on any atom is 0.321 e. The zero-order valence-corrected chi connectivity index (χ0v) is 14.0. The highest BCUT2D eigenvalue weighted by Crippen LogP contribution is 2.29. The highest BCUT2D eigenvalue weighted by molar-refractivity contribution is 7.98. The van der Waals surface area contributed by atoms with Gasteiger partial charge in [0.25, 0.3) is 10.0 Å². The van der Waals surface area contributed by atoms with Crippen molar-refractivity contribution >= 4 is 39.1 Å². The molecule has 0 aromatic carbocycles. The topological polar surface area (TPSA) is 110 Å². The number of aromatic nitrogens is 1. The first-order valence-corrected chi connectivity index (χ1v) is 9.88. The maximum absolute atomic E-state index is 12.3. The number of carboxylic acid groups (broad SMARTS) is 1. The molecule has 0 spiro atoms. The molecular weight excluding hydrogens is 348 g/mol. The van der Waals surface area contributed by atoms with Crippen LogP contribution in [-0.4, -0.2) is 42.7 Å². The number of rotatable bonds is 8. The van der Waals surface area contributed by atoms with Gasteiger partial charge in [0, 0.05) is 6.07 Å². The number of nitrogens with zero attached hydrogens (tertiary/aromatic N) is 1. The molecule has 0 aliphatic heterocycles. The highest BCUT2D eigenvalue weighted by atomic mass is 32.2. The zero-order valence-electron chi connectivity index (χ0n) is 11.6. The van der Waals surface area contributed by atoms with Crippen LogP contribution in [0.2, 0.25) is 0 Å². The Kier molecular flexibility index (Phi) is 5.62. The van der Waals surface area contributed by atoms with Crippen LogP contribution < -0.4 is 4.72 Å². The molecule has 22 heavy (non-hydrogen) atoms. The standard InChI is InChI=1S/C12H14N2O5S3/c1-20-7-5-9(12(15)16)14-22(17,18)11-3-2-10(21-11)8-4-6-19-13-8/h2-4,6,9,14H,5,7H2,1H3,(H,15,16)/t9-/m1/s1. The minimum Gasteiger partial charge on any atom is -0.480 e. The van der Waals surface area contributed by atoms with E-state index in [2.05, 4.69) is 9.88 Å². The molecule has 0 bridgehead atoms. The summed E-state index contributed by atoms with van der Waals surface area (Å²) in [5.74, 6) is -0.639. The minimum atomic E-state index is -3.89. The summed E-state index contributed by atoms with van der Waals surface area (Å²) in [4.78, 5) is 11.8. The van der Waals surface area contributed by atoms with Crippen LogP contribution in [0.5, 0.6) is 0 Å². The summed E-state index contributed by atoms with van der Waals surface area (Å²) < 4.78 is 31.5. The number of sulfonamides is 1. The molecule has 2 N–H and O–H groups in total. The minimum absolute atomic E-state index is 0.0425. The van der Waals surface area contributed by atoms with Crippen molar-refractivity contribution in [3.8, 4) is 10.6 Å². The smallest absolute Gasteiger partial charge is 0.321 e. The van der Waals surface area contributed by atoms with Gasteiger partial charge >= 0.3 is 5.97 Å². The predicted octanol–water partition coefficient (Wildman–Crippen LogP) is 1.89. The number of hydrogen-bond donors (Lipinski definition) is 2. The third kappa shape index (κ3) is 4.09. The van der Waals surface area contributed by atoms with Gasteiger partial charge in [-0.2, -0.15) is 16.5 Å². The third-order valence-corrected chi connectivity index (χ3v) is 6.46. The van der Waals surface area contributed by atoms with Gasteiger partial charge in [0.05, 0.1) is 4.88 Å². The fraction of sp³-hybridized carbons (Fsp3) is 0.333. The second-order valence-electron chi connectivity index (χ2n) is 4.30. The lowest BCUT2D eigenvalue weighted by Gasteiger charge is -2.13. The number of nitrogens with one attached hydrogen (secondary N) is 1. The number of carbonyl (C=O) groups is 1. The third-order valence-electron chi connectivity index (χ3n) is 2.74. The van der Waals surface area contributed by atoms with Crippen LogP contribution in [0, 0.1) is 0 Å². The normalized spacial score (nSPS) is 13.1. The van der Waals surface area contributed by atoms with Crippen molar-refractivity contribution in [2.24, 2.45) is 0 Å². The monoisotopic (exact) mass is 362 g/mol. The average molecular weight is 362 g/mol. The fourth-order valence-electron chi connectivity index (χ4n) is 1.66. The van der Waals surface area contributed by atoms with Crippen LogP contribution in [0.25, 0.3) is 10.6 Å². The van der Waals surface area contributed by atoms with Gasteiger partial charge in [0.2, 0.25) is 0 Å². The molecule has 0 aliphatic carbocycles. The summed E-state index contributed by atoms with van der Waals surface area (Å²) in [6.07, 6.45) is 3.44. The van der Waals surface area contributed by atoms with Gasteiger partial charge in [-0.15, -0.1) is 11.3 Å². The SMILES string of the molecule is CSCC[C@@H](NS(=O)(=O)c1ccc(-c2ccon2)s1)C(=O)O. The first-order chi connectivity index (χ1) is 10.4. The molecule has 0 aliphatic rings. The number of carboxylic acids is 1. The Morgan fingerprint density at radius 2 is 2.27 bits per heavy atom. The molecule has 0 saturated heterocycles. The van der Waals surface area contributed by atoms with Crippen molar-refractivity contribution in [3.05, 3.63) is 24.5 Å². The van der Waals surface area contributed by atoms with Crippen molar-refractivity contribution in [2.75, 3.05) is 12.0 Å². The molecular formula is C12H14N2O5S3. The predicted molar refractivity (Wildman–Crippen MR) is 84.6 cm³/mol. The van der Waals surface area contributed by atoms with Crippen LogP contribution in [0.3, 0.4) is 0 Å². The molecule has 2 aromatic rings. The molecule has 0 fully saturated rings. The lowest BCUT2D eigenvalue weighted by molar-refractivity contribution is -0.139. The van der Waals surface area contributed by atoms with Crippen LogP contribution >= 0.6 is 23.1 Å². The zero-order chi connectivity index (χ0) is 16.2. The van der Waals surface area contributed by atoms with Crippen molar-refractivity contribution in [2.45, 2.75) is 16.7 Å². The van der Waals surface area contributed by atoms with Gasteiger partial charge in [-0.05, 0) is 30.6 Å². The fourth-order valence-corrected chi connectivity index (χ4v) is 4.64. The Balaban J connectivity index is 2.17. The first kappa shape index (κ1) is 17.0. The van der Waals surface area contributed by atoms with E-state index in [1.165, 1.54) is 24.1 Å². The average Bonchev–Trinajstić information content (AvgIpc) is 3.12. The van der Waals surface area contributed by atoms with Crippen molar-refractivity contribution < 1.29 is 22.8 Å². The molecule has 2 heterocycles. The number of thiophene rings is 1. The van der Waals surface area contributed by atoms with Gasteiger partial charge in [0.1, 0.15) is 22.2 Å². The molecule has 120 valence electrons. The van der Waals surface area contributed by atoms with Crippen LogP contribution in [0.4, 0.5) is 0 Å². The van der Waals surface area contributed by atoms with E-state index < -0.39 is 22.0 Å². The van der Waals surface area contributed by atoms with Gasteiger partial charge < -0.3 is 9.63 Å². The second kappa shape index (κ2) is 7.27. The summed E-state index contributed by atoms with van der Waals surface area (Å²) in [6, 6.07) is 3.50. The van der Waals surface area contributed by atoms with Crippen LogP contribution in [0.15, 0.2) is 33.2 Å². The van der Waals surface area contributed by atoms with Gasteiger partial charge in [0.15, 0.2) is 0 Å². The molecule has 2 aromatic heterocycles. The molecule has 10 heteroatoms. The van der Waals surface area contributed by atoms with E-state index in [0.717, 1.165) is 11.3 Å². The summed E-state index contributed by atoms with van der Waals surface area (Å²) in [7, 11) is -3.89. The van der Waals surface area contributed by atoms with E-state index in [1.807, 2.05) is 6.26 Å². The Labute approximate surface area is 135 Å².